The molecule has 4 nitrogen and oxygen atoms in total. The standard InChI is InChI=1S/2C10H12O2/c1-5-6(2)10(12)8(4)7(3)9(5)11;1-5-6(2)8(4)10(12)9(11)7(5)3/h2*1-4H3. The Hall–Kier alpha value is -2.36. The Morgan fingerprint density at radius 3 is 0.667 bits per heavy atom. The molecule has 0 aliphatic heterocycles. The predicted molar refractivity (Wildman–Crippen MR) is 93.5 cm³/mol. The van der Waals surface area contributed by atoms with E-state index in [-0.39, 0.29) is 23.1 Å². The zero-order valence-corrected chi connectivity index (χ0v) is 15.6. The van der Waals surface area contributed by atoms with Gasteiger partial charge in [-0.25, -0.2) is 0 Å². The zero-order chi connectivity index (χ0) is 18.9. The van der Waals surface area contributed by atoms with Gasteiger partial charge in [-0.15, -0.1) is 0 Å². The van der Waals surface area contributed by atoms with Crippen LogP contribution in [0.4, 0.5) is 0 Å². The molecule has 0 spiro atoms. The lowest BCUT2D eigenvalue weighted by Crippen LogP contribution is -2.22. The number of carbonyl (C=O) groups excluding carboxylic acids is 4. The first-order chi connectivity index (χ1) is 10.9. The summed E-state index contributed by atoms with van der Waals surface area (Å²) in [6, 6.07) is 0. The van der Waals surface area contributed by atoms with Crippen molar-refractivity contribution < 1.29 is 19.2 Å². The third-order valence-corrected chi connectivity index (χ3v) is 5.06. The number of hydrogen-bond acceptors (Lipinski definition) is 4. The monoisotopic (exact) mass is 328 g/mol. The van der Waals surface area contributed by atoms with Crippen LogP contribution in [-0.4, -0.2) is 23.1 Å². The quantitative estimate of drug-likeness (QED) is 0.387. The first-order valence-electron chi connectivity index (χ1n) is 7.82. The van der Waals surface area contributed by atoms with Gasteiger partial charge in [0.25, 0.3) is 0 Å². The third-order valence-electron chi connectivity index (χ3n) is 5.06. The summed E-state index contributed by atoms with van der Waals surface area (Å²) in [6.45, 7) is 13.9. The molecule has 0 amide bonds. The lowest BCUT2D eigenvalue weighted by atomic mass is 9.87. The van der Waals surface area contributed by atoms with Gasteiger partial charge < -0.3 is 0 Å². The van der Waals surface area contributed by atoms with Crippen LogP contribution in [0.15, 0.2) is 44.6 Å². The molecule has 2 rings (SSSR count). The molecule has 0 atom stereocenters. The topological polar surface area (TPSA) is 68.3 Å². The van der Waals surface area contributed by atoms with Gasteiger partial charge in [-0.1, -0.05) is 0 Å². The molecular formula is C20H24O4. The van der Waals surface area contributed by atoms with Crippen LogP contribution in [-0.2, 0) is 19.2 Å². The molecular weight excluding hydrogens is 304 g/mol. The second-order valence-electron chi connectivity index (χ2n) is 6.32. The smallest absolute Gasteiger partial charge is 0.229 e. The van der Waals surface area contributed by atoms with E-state index < -0.39 is 0 Å². The average molecular weight is 328 g/mol. The van der Waals surface area contributed by atoms with Crippen molar-refractivity contribution in [1.82, 2.24) is 0 Å². The van der Waals surface area contributed by atoms with Crippen LogP contribution in [0.5, 0.6) is 0 Å². The van der Waals surface area contributed by atoms with Gasteiger partial charge in [-0.2, -0.15) is 0 Å². The molecule has 0 aromatic rings. The fourth-order valence-electron chi connectivity index (χ4n) is 2.49. The molecule has 0 aromatic carbocycles. The number of allylic oxidation sites excluding steroid dienone is 8. The highest BCUT2D eigenvalue weighted by atomic mass is 16.2. The van der Waals surface area contributed by atoms with E-state index in [0.717, 1.165) is 11.1 Å². The Balaban J connectivity index is 0.000000240. The molecule has 2 aliphatic rings. The molecule has 0 unspecified atom stereocenters. The number of hydrogen-bond donors (Lipinski definition) is 0. The summed E-state index contributed by atoms with van der Waals surface area (Å²) in [7, 11) is 0. The summed E-state index contributed by atoms with van der Waals surface area (Å²) in [4.78, 5) is 45.3. The Morgan fingerprint density at radius 1 is 0.292 bits per heavy atom. The first-order valence-corrected chi connectivity index (χ1v) is 7.82. The maximum atomic E-state index is 11.4. The Morgan fingerprint density at radius 2 is 0.458 bits per heavy atom. The Bertz CT molecular complexity index is 684. The van der Waals surface area contributed by atoms with Crippen molar-refractivity contribution in [1.29, 1.82) is 0 Å². The zero-order valence-electron chi connectivity index (χ0n) is 15.6. The minimum absolute atomic E-state index is 0.00426. The first kappa shape index (κ1) is 19.7. The summed E-state index contributed by atoms with van der Waals surface area (Å²) in [6.07, 6.45) is 0. The summed E-state index contributed by atoms with van der Waals surface area (Å²) in [5.41, 5.74) is 5.40. The maximum absolute atomic E-state index is 11.4. The second-order valence-corrected chi connectivity index (χ2v) is 6.32. The van der Waals surface area contributed by atoms with Gasteiger partial charge in [0.15, 0.2) is 11.6 Å². The van der Waals surface area contributed by atoms with Crippen molar-refractivity contribution in [3.63, 3.8) is 0 Å². The average Bonchev–Trinajstić information content (AvgIpc) is 2.58. The molecule has 0 bridgehead atoms. The van der Waals surface area contributed by atoms with Gasteiger partial charge in [-0.05, 0) is 66.5 Å². The summed E-state index contributed by atoms with van der Waals surface area (Å²) in [5, 5.41) is 0. The molecule has 0 saturated carbocycles. The van der Waals surface area contributed by atoms with E-state index in [1.165, 1.54) is 0 Å². The SMILES string of the molecule is CC1=C(C)C(=O)C(C)=C(C)C1=O.CC1=C(C)C(C)=C(C)C(=O)C1=O. The molecule has 4 heteroatoms. The fraction of sp³-hybridized carbons (Fsp3) is 0.400. The van der Waals surface area contributed by atoms with Crippen molar-refractivity contribution >= 4 is 23.1 Å². The van der Waals surface area contributed by atoms with Crippen molar-refractivity contribution in [2.45, 2.75) is 55.4 Å². The normalized spacial score (nSPS) is 19.3. The van der Waals surface area contributed by atoms with Crippen LogP contribution in [0.25, 0.3) is 0 Å². The number of rotatable bonds is 0. The van der Waals surface area contributed by atoms with E-state index in [4.69, 9.17) is 0 Å². The van der Waals surface area contributed by atoms with Gasteiger partial charge in [0.05, 0.1) is 0 Å². The molecule has 0 heterocycles. The van der Waals surface area contributed by atoms with Crippen LogP contribution >= 0.6 is 0 Å². The van der Waals surface area contributed by atoms with Gasteiger partial charge in [-0.3, -0.25) is 19.2 Å². The molecule has 24 heavy (non-hydrogen) atoms. The molecule has 0 N–H and O–H groups in total. The van der Waals surface area contributed by atoms with Crippen molar-refractivity contribution in [2.24, 2.45) is 0 Å². The Labute approximate surface area is 143 Å². The predicted octanol–water partition coefficient (Wildman–Crippen LogP) is 3.62. The van der Waals surface area contributed by atoms with Gasteiger partial charge in [0.1, 0.15) is 0 Å². The van der Waals surface area contributed by atoms with Crippen molar-refractivity contribution in [2.75, 3.05) is 0 Å². The minimum Gasteiger partial charge on any atom is -0.289 e. The largest absolute Gasteiger partial charge is 0.289 e. The molecule has 0 radical (unpaired) electrons. The van der Waals surface area contributed by atoms with Crippen LogP contribution in [0.1, 0.15) is 55.4 Å². The molecule has 2 aliphatic carbocycles. The molecule has 0 fully saturated rings. The number of Topliss-reactive ketones (excluding diaryl/α,β-unsaturated/α-hetero) is 4. The minimum atomic E-state index is -0.351. The maximum Gasteiger partial charge on any atom is 0.229 e. The van der Waals surface area contributed by atoms with E-state index in [1.54, 1.807) is 41.5 Å². The van der Waals surface area contributed by atoms with Gasteiger partial charge in [0.2, 0.25) is 11.6 Å². The Kier molecular flexibility index (Phi) is 5.77. The highest BCUT2D eigenvalue weighted by molar-refractivity contribution is 6.50. The van der Waals surface area contributed by atoms with Crippen LogP contribution in [0.3, 0.4) is 0 Å². The molecule has 128 valence electrons. The van der Waals surface area contributed by atoms with Gasteiger partial charge >= 0.3 is 0 Å². The van der Waals surface area contributed by atoms with Crippen LogP contribution in [0, 0.1) is 0 Å². The lowest BCUT2D eigenvalue weighted by molar-refractivity contribution is -0.132. The lowest BCUT2D eigenvalue weighted by Gasteiger charge is -2.15. The van der Waals surface area contributed by atoms with E-state index in [1.807, 2.05) is 13.8 Å². The summed E-state index contributed by atoms with van der Waals surface area (Å²) < 4.78 is 0. The fourth-order valence-corrected chi connectivity index (χ4v) is 2.49. The van der Waals surface area contributed by atoms with Crippen molar-refractivity contribution in [3.05, 3.63) is 44.6 Å². The number of carbonyl (C=O) groups is 4. The summed E-state index contributed by atoms with van der Waals surface area (Å²) >= 11 is 0. The van der Waals surface area contributed by atoms with E-state index in [9.17, 15) is 19.2 Å². The van der Waals surface area contributed by atoms with Gasteiger partial charge in [0, 0.05) is 33.4 Å². The highest BCUT2D eigenvalue weighted by Gasteiger charge is 2.26. The summed E-state index contributed by atoms with van der Waals surface area (Å²) in [5.74, 6) is -0.694. The van der Waals surface area contributed by atoms with Crippen LogP contribution < -0.4 is 0 Å². The van der Waals surface area contributed by atoms with Crippen LogP contribution in [0.2, 0.25) is 0 Å². The van der Waals surface area contributed by atoms with E-state index in [0.29, 0.717) is 33.4 Å². The van der Waals surface area contributed by atoms with E-state index in [2.05, 4.69) is 0 Å². The van der Waals surface area contributed by atoms with Crippen molar-refractivity contribution in [3.8, 4) is 0 Å². The molecule has 0 saturated heterocycles. The second kappa shape index (κ2) is 7.04. The number of ketones is 4. The van der Waals surface area contributed by atoms with E-state index >= 15 is 0 Å². The molecule has 0 aromatic heterocycles. The third kappa shape index (κ3) is 3.28. The highest BCUT2D eigenvalue weighted by Crippen LogP contribution is 2.25.